The van der Waals surface area contributed by atoms with Gasteiger partial charge in [-0.15, -0.1) is 0 Å². The molecule has 0 radical (unpaired) electrons. The van der Waals surface area contributed by atoms with E-state index < -0.39 is 0 Å². The third-order valence-electron chi connectivity index (χ3n) is 1.84. The van der Waals surface area contributed by atoms with Gasteiger partial charge in [-0.3, -0.25) is 9.20 Å². The lowest BCUT2D eigenvalue weighted by Crippen LogP contribution is -1.89. The highest BCUT2D eigenvalue weighted by molar-refractivity contribution is 5.84. The van der Waals surface area contributed by atoms with Crippen molar-refractivity contribution < 1.29 is 9.53 Å². The molecule has 0 saturated carbocycles. The normalized spacial score (nSPS) is 10.2. The van der Waals surface area contributed by atoms with Gasteiger partial charge in [-0.25, -0.2) is 0 Å². The molecule has 4 heteroatoms. The van der Waals surface area contributed by atoms with Crippen molar-refractivity contribution in [3.63, 3.8) is 0 Å². The van der Waals surface area contributed by atoms with E-state index in [1.165, 1.54) is 7.11 Å². The Hall–Kier alpha value is -1.84. The summed E-state index contributed by atoms with van der Waals surface area (Å²) in [5, 5.41) is 0. The molecule has 0 bridgehead atoms. The Balaban J connectivity index is 2.81. The number of carbonyl (C=O) groups excluding carboxylic acids is 1. The zero-order valence-electron chi connectivity index (χ0n) is 7.10. The minimum absolute atomic E-state index is 0.400. The Bertz CT molecular complexity index is 448. The zero-order valence-corrected chi connectivity index (χ0v) is 7.10. The largest absolute Gasteiger partial charge is 0.468 e. The Labute approximate surface area is 74.8 Å². The van der Waals surface area contributed by atoms with E-state index in [0.29, 0.717) is 11.7 Å². The highest BCUT2D eigenvalue weighted by Crippen LogP contribution is 2.15. The smallest absolute Gasteiger partial charge is 0.301 e. The Morgan fingerprint density at radius 1 is 1.54 bits per heavy atom. The van der Waals surface area contributed by atoms with Crippen LogP contribution in [0, 0.1) is 0 Å². The second kappa shape index (κ2) is 2.90. The summed E-state index contributed by atoms with van der Waals surface area (Å²) in [5.41, 5.74) is 1.16. The maximum absolute atomic E-state index is 10.6. The number of ether oxygens (including phenoxy) is 1. The van der Waals surface area contributed by atoms with Gasteiger partial charge in [0.25, 0.3) is 0 Å². The Morgan fingerprint density at radius 3 is 3.08 bits per heavy atom. The lowest BCUT2D eigenvalue weighted by atomic mass is 10.3. The van der Waals surface area contributed by atoms with E-state index >= 15 is 0 Å². The molecule has 0 fully saturated rings. The summed E-state index contributed by atoms with van der Waals surface area (Å²) in [6, 6.07) is 5.95. The number of fused-ring (bicyclic) bond motifs is 1. The fraction of sp³-hybridized carbons (Fsp3) is 0.111. The number of imidazole rings is 1. The lowest BCUT2D eigenvalue weighted by molar-refractivity contribution is 0.112. The van der Waals surface area contributed by atoms with Gasteiger partial charge in [-0.2, -0.15) is 4.98 Å². The van der Waals surface area contributed by atoms with Crippen LogP contribution in [0.3, 0.4) is 0 Å². The molecule has 66 valence electrons. The van der Waals surface area contributed by atoms with Gasteiger partial charge in [0.1, 0.15) is 5.69 Å². The number of rotatable bonds is 2. The molecule has 0 aliphatic heterocycles. The number of nitrogens with zero attached hydrogens (tertiary/aromatic N) is 2. The second-order valence-corrected chi connectivity index (χ2v) is 2.56. The molecular formula is C9H8N2O2. The van der Waals surface area contributed by atoms with E-state index in [9.17, 15) is 4.79 Å². The molecule has 0 saturated heterocycles. The van der Waals surface area contributed by atoms with E-state index in [1.807, 2.05) is 18.2 Å². The number of pyridine rings is 1. The van der Waals surface area contributed by atoms with Crippen LogP contribution in [0.25, 0.3) is 5.52 Å². The monoisotopic (exact) mass is 176 g/mol. The first-order valence-electron chi connectivity index (χ1n) is 3.83. The van der Waals surface area contributed by atoms with E-state index in [1.54, 1.807) is 10.6 Å². The molecule has 2 rings (SSSR count). The minimum atomic E-state index is 0.400. The van der Waals surface area contributed by atoms with Gasteiger partial charge in [0.2, 0.25) is 0 Å². The van der Waals surface area contributed by atoms with Gasteiger partial charge in [0, 0.05) is 6.20 Å². The average Bonchev–Trinajstić information content (AvgIpc) is 2.56. The van der Waals surface area contributed by atoms with Crippen LogP contribution in [0.15, 0.2) is 24.4 Å². The molecule has 0 N–H and O–H groups in total. The van der Waals surface area contributed by atoms with Crippen LogP contribution in [0.2, 0.25) is 0 Å². The van der Waals surface area contributed by atoms with Crippen molar-refractivity contribution in [2.75, 3.05) is 7.11 Å². The summed E-state index contributed by atoms with van der Waals surface area (Å²) < 4.78 is 6.73. The summed E-state index contributed by atoms with van der Waals surface area (Å²) in [4.78, 5) is 14.6. The van der Waals surface area contributed by atoms with Crippen molar-refractivity contribution in [1.82, 2.24) is 9.38 Å². The Kier molecular flexibility index (Phi) is 1.73. The predicted molar refractivity (Wildman–Crippen MR) is 47.1 cm³/mol. The SMILES string of the molecule is COc1nc(C=O)c2ccccn12. The number of hydrogen-bond acceptors (Lipinski definition) is 3. The second-order valence-electron chi connectivity index (χ2n) is 2.56. The van der Waals surface area contributed by atoms with Crippen LogP contribution < -0.4 is 4.74 Å². The van der Waals surface area contributed by atoms with E-state index in [0.717, 1.165) is 11.8 Å². The van der Waals surface area contributed by atoms with Crippen LogP contribution in [-0.2, 0) is 0 Å². The zero-order chi connectivity index (χ0) is 9.26. The molecule has 0 atom stereocenters. The number of aldehydes is 1. The summed E-state index contributed by atoms with van der Waals surface area (Å²) in [6.07, 6.45) is 2.52. The van der Waals surface area contributed by atoms with Gasteiger partial charge in [0.15, 0.2) is 6.29 Å². The first-order chi connectivity index (χ1) is 6.36. The predicted octanol–water partition coefficient (Wildman–Crippen LogP) is 1.16. The average molecular weight is 176 g/mol. The summed E-state index contributed by atoms with van der Waals surface area (Å²) in [5.74, 6) is 0. The highest BCUT2D eigenvalue weighted by atomic mass is 16.5. The third kappa shape index (κ3) is 1.07. The number of hydrogen-bond donors (Lipinski definition) is 0. The molecule has 0 aliphatic carbocycles. The number of carbonyl (C=O) groups is 1. The van der Waals surface area contributed by atoms with Gasteiger partial charge in [-0.1, -0.05) is 6.07 Å². The number of aromatic nitrogens is 2. The molecule has 0 amide bonds. The van der Waals surface area contributed by atoms with Crippen LogP contribution in [0.4, 0.5) is 0 Å². The van der Waals surface area contributed by atoms with Gasteiger partial charge in [-0.05, 0) is 12.1 Å². The maximum atomic E-state index is 10.6. The first-order valence-corrected chi connectivity index (χ1v) is 3.83. The van der Waals surface area contributed by atoms with Gasteiger partial charge >= 0.3 is 6.01 Å². The molecule has 2 aromatic rings. The molecule has 2 aromatic heterocycles. The highest BCUT2D eigenvalue weighted by Gasteiger charge is 2.08. The van der Waals surface area contributed by atoms with Crippen molar-refractivity contribution >= 4 is 11.8 Å². The summed E-state index contributed by atoms with van der Waals surface area (Å²) in [6.45, 7) is 0. The minimum Gasteiger partial charge on any atom is -0.468 e. The first kappa shape index (κ1) is 7.79. The van der Waals surface area contributed by atoms with Crippen LogP contribution in [0.1, 0.15) is 10.5 Å². The Morgan fingerprint density at radius 2 is 2.38 bits per heavy atom. The summed E-state index contributed by atoms with van der Waals surface area (Å²) in [7, 11) is 1.52. The molecule has 0 aromatic carbocycles. The van der Waals surface area contributed by atoms with Crippen molar-refractivity contribution in [2.45, 2.75) is 0 Å². The van der Waals surface area contributed by atoms with Crippen molar-refractivity contribution in [1.29, 1.82) is 0 Å². The quantitative estimate of drug-likeness (QED) is 0.645. The van der Waals surface area contributed by atoms with E-state index in [2.05, 4.69) is 4.98 Å². The van der Waals surface area contributed by atoms with Crippen LogP contribution in [-0.4, -0.2) is 22.8 Å². The topological polar surface area (TPSA) is 43.6 Å². The lowest BCUT2D eigenvalue weighted by Gasteiger charge is -1.96. The fourth-order valence-electron chi connectivity index (χ4n) is 1.26. The van der Waals surface area contributed by atoms with Gasteiger partial charge in [0.05, 0.1) is 12.6 Å². The molecule has 0 unspecified atom stereocenters. The van der Waals surface area contributed by atoms with E-state index in [-0.39, 0.29) is 0 Å². The summed E-state index contributed by atoms with van der Waals surface area (Å²) >= 11 is 0. The van der Waals surface area contributed by atoms with E-state index in [4.69, 9.17) is 4.74 Å². The molecule has 0 aliphatic rings. The number of methoxy groups -OCH3 is 1. The van der Waals surface area contributed by atoms with Crippen LogP contribution >= 0.6 is 0 Å². The molecule has 13 heavy (non-hydrogen) atoms. The van der Waals surface area contributed by atoms with Crippen molar-refractivity contribution in [2.24, 2.45) is 0 Å². The van der Waals surface area contributed by atoms with Crippen molar-refractivity contribution in [3.05, 3.63) is 30.1 Å². The molecule has 4 nitrogen and oxygen atoms in total. The fourth-order valence-corrected chi connectivity index (χ4v) is 1.26. The maximum Gasteiger partial charge on any atom is 0.301 e. The molecule has 2 heterocycles. The standard InChI is InChI=1S/C9H8N2O2/c1-13-9-10-7(6-12)8-4-2-3-5-11(8)9/h2-6H,1H3. The third-order valence-corrected chi connectivity index (χ3v) is 1.84. The van der Waals surface area contributed by atoms with Crippen molar-refractivity contribution in [3.8, 4) is 6.01 Å². The molecule has 0 spiro atoms. The van der Waals surface area contributed by atoms with Crippen LogP contribution in [0.5, 0.6) is 6.01 Å². The molecular weight excluding hydrogens is 168 g/mol. The van der Waals surface area contributed by atoms with Gasteiger partial charge < -0.3 is 4.74 Å².